The van der Waals surface area contributed by atoms with Crippen LogP contribution in [0.5, 0.6) is 0 Å². The van der Waals surface area contributed by atoms with Crippen LogP contribution in [-0.2, 0) is 0 Å². The fourth-order valence-electron chi connectivity index (χ4n) is 0.868. The Morgan fingerprint density at radius 3 is 3.27 bits per heavy atom. The van der Waals surface area contributed by atoms with Crippen LogP contribution in [0.25, 0.3) is 0 Å². The molecule has 58 valence electrons. The molecule has 0 amide bonds. The first kappa shape index (κ1) is 6.60. The molecular weight excluding hydrogens is 160 g/mol. The molecule has 0 unspecified atom stereocenters. The van der Waals surface area contributed by atoms with Crippen molar-refractivity contribution in [3.63, 3.8) is 0 Å². The minimum absolute atomic E-state index is 0.833. The molecule has 0 saturated carbocycles. The van der Waals surface area contributed by atoms with Gasteiger partial charge in [0.2, 0.25) is 0 Å². The molecule has 2 heterocycles. The third-order valence-electron chi connectivity index (χ3n) is 1.33. The van der Waals surface area contributed by atoms with Crippen LogP contribution in [-0.4, -0.2) is 24.0 Å². The van der Waals surface area contributed by atoms with E-state index in [2.05, 4.69) is 20.6 Å². The number of hydrogen-bond acceptors (Lipinski definition) is 5. The highest BCUT2D eigenvalue weighted by Crippen LogP contribution is 2.09. The minimum atomic E-state index is 0.833. The third-order valence-corrected chi connectivity index (χ3v) is 2.02. The molecule has 0 spiro atoms. The number of anilines is 1. The second-order valence-corrected chi connectivity index (χ2v) is 3.01. The SMILES string of the molecule is c1csc(NC2=NCCN2)n1. The number of rotatable bonds is 1. The molecule has 2 N–H and O–H groups in total. The maximum Gasteiger partial charge on any atom is 0.197 e. The summed E-state index contributed by atoms with van der Waals surface area (Å²) in [4.78, 5) is 8.24. The van der Waals surface area contributed by atoms with Crippen LogP contribution >= 0.6 is 11.3 Å². The molecule has 0 aromatic carbocycles. The zero-order chi connectivity index (χ0) is 7.52. The van der Waals surface area contributed by atoms with Crippen molar-refractivity contribution in [2.24, 2.45) is 4.99 Å². The van der Waals surface area contributed by atoms with E-state index in [1.807, 2.05) is 5.38 Å². The first-order chi connectivity index (χ1) is 5.45. The quantitative estimate of drug-likeness (QED) is 0.642. The Labute approximate surface area is 68.4 Å². The van der Waals surface area contributed by atoms with E-state index in [0.717, 1.165) is 24.2 Å². The largest absolute Gasteiger partial charge is 0.354 e. The zero-order valence-corrected chi connectivity index (χ0v) is 6.69. The van der Waals surface area contributed by atoms with Crippen molar-refractivity contribution in [1.29, 1.82) is 0 Å². The zero-order valence-electron chi connectivity index (χ0n) is 5.87. The maximum absolute atomic E-state index is 4.17. The summed E-state index contributed by atoms with van der Waals surface area (Å²) in [7, 11) is 0. The Bertz CT molecular complexity index is 254. The highest BCUT2D eigenvalue weighted by molar-refractivity contribution is 7.13. The van der Waals surface area contributed by atoms with Crippen LogP contribution in [0.1, 0.15) is 0 Å². The fraction of sp³-hybridized carbons (Fsp3) is 0.333. The lowest BCUT2D eigenvalue weighted by molar-refractivity contribution is 0.959. The summed E-state index contributed by atoms with van der Waals surface area (Å²) >= 11 is 1.57. The molecular formula is C6H8N4S. The Hall–Kier alpha value is -1.10. The van der Waals surface area contributed by atoms with Crippen LogP contribution in [0.2, 0.25) is 0 Å². The first-order valence-corrected chi connectivity index (χ1v) is 4.28. The third kappa shape index (κ3) is 1.48. The van der Waals surface area contributed by atoms with Gasteiger partial charge in [-0.05, 0) is 0 Å². The van der Waals surface area contributed by atoms with E-state index < -0.39 is 0 Å². The number of aliphatic imine (C=N–C) groups is 1. The first-order valence-electron chi connectivity index (χ1n) is 3.40. The van der Waals surface area contributed by atoms with Gasteiger partial charge in [0.25, 0.3) is 0 Å². The van der Waals surface area contributed by atoms with Gasteiger partial charge in [0.15, 0.2) is 11.1 Å². The Kier molecular flexibility index (Phi) is 1.72. The number of nitrogens with one attached hydrogen (secondary N) is 2. The standard InChI is InChI=1S/C6H8N4S/c1-2-8-5(7-1)10-6-9-3-4-11-6/h3-4H,1-2H2,(H2,7,8,9,10). The summed E-state index contributed by atoms with van der Waals surface area (Å²) in [6.45, 7) is 1.78. The van der Waals surface area contributed by atoms with Gasteiger partial charge in [0.1, 0.15) is 0 Å². The average Bonchev–Trinajstić information content (AvgIpc) is 2.60. The van der Waals surface area contributed by atoms with Crippen LogP contribution in [0.4, 0.5) is 5.13 Å². The summed E-state index contributed by atoms with van der Waals surface area (Å²) in [6, 6.07) is 0. The molecule has 5 heteroatoms. The van der Waals surface area contributed by atoms with E-state index in [-0.39, 0.29) is 0 Å². The molecule has 0 bridgehead atoms. The lowest BCUT2D eigenvalue weighted by Gasteiger charge is -2.00. The Morgan fingerprint density at radius 1 is 1.64 bits per heavy atom. The van der Waals surface area contributed by atoms with Gasteiger partial charge in [0.05, 0.1) is 6.54 Å². The van der Waals surface area contributed by atoms with Crippen LogP contribution in [0.3, 0.4) is 0 Å². The second-order valence-electron chi connectivity index (χ2n) is 2.12. The highest BCUT2D eigenvalue weighted by atomic mass is 32.1. The van der Waals surface area contributed by atoms with Gasteiger partial charge < -0.3 is 10.6 Å². The van der Waals surface area contributed by atoms with E-state index in [4.69, 9.17) is 0 Å². The monoisotopic (exact) mass is 168 g/mol. The fourth-order valence-corrected chi connectivity index (χ4v) is 1.40. The van der Waals surface area contributed by atoms with Crippen molar-refractivity contribution in [2.45, 2.75) is 0 Å². The average molecular weight is 168 g/mol. The minimum Gasteiger partial charge on any atom is -0.354 e. The van der Waals surface area contributed by atoms with E-state index >= 15 is 0 Å². The van der Waals surface area contributed by atoms with Gasteiger partial charge in [-0.3, -0.25) is 4.99 Å². The lowest BCUT2D eigenvalue weighted by Crippen LogP contribution is -2.25. The van der Waals surface area contributed by atoms with Crippen LogP contribution in [0.15, 0.2) is 16.6 Å². The molecule has 1 aromatic rings. The summed E-state index contributed by atoms with van der Waals surface area (Å²) in [5.74, 6) is 0.833. The predicted molar refractivity (Wildman–Crippen MR) is 46.0 cm³/mol. The summed E-state index contributed by atoms with van der Waals surface area (Å²) in [5.41, 5.74) is 0. The Balaban J connectivity index is 2.00. The smallest absolute Gasteiger partial charge is 0.197 e. The molecule has 0 saturated heterocycles. The molecule has 0 fully saturated rings. The summed E-state index contributed by atoms with van der Waals surface area (Å²) in [6.07, 6.45) is 1.77. The highest BCUT2D eigenvalue weighted by Gasteiger charge is 2.04. The van der Waals surface area contributed by atoms with Gasteiger partial charge in [-0.2, -0.15) is 0 Å². The van der Waals surface area contributed by atoms with E-state index in [1.165, 1.54) is 0 Å². The van der Waals surface area contributed by atoms with E-state index in [9.17, 15) is 0 Å². The molecule has 0 atom stereocenters. The van der Waals surface area contributed by atoms with Crippen molar-refractivity contribution in [2.75, 3.05) is 18.4 Å². The molecule has 1 aliphatic rings. The van der Waals surface area contributed by atoms with Gasteiger partial charge in [-0.15, -0.1) is 11.3 Å². The summed E-state index contributed by atoms with van der Waals surface area (Å²) < 4.78 is 0. The second kappa shape index (κ2) is 2.87. The van der Waals surface area contributed by atoms with E-state index in [0.29, 0.717) is 0 Å². The van der Waals surface area contributed by atoms with Crippen molar-refractivity contribution in [3.05, 3.63) is 11.6 Å². The van der Waals surface area contributed by atoms with Crippen LogP contribution in [0, 0.1) is 0 Å². The molecule has 1 aromatic heterocycles. The van der Waals surface area contributed by atoms with Crippen molar-refractivity contribution >= 4 is 22.4 Å². The molecule has 2 rings (SSSR count). The molecule has 1 aliphatic heterocycles. The molecule has 4 nitrogen and oxygen atoms in total. The lowest BCUT2D eigenvalue weighted by atomic mass is 10.7. The predicted octanol–water partition coefficient (Wildman–Crippen LogP) is 0.514. The van der Waals surface area contributed by atoms with Crippen LogP contribution < -0.4 is 10.6 Å². The van der Waals surface area contributed by atoms with E-state index in [1.54, 1.807) is 17.5 Å². The molecule has 0 aliphatic carbocycles. The normalized spacial score (nSPS) is 15.8. The number of hydrogen-bond donors (Lipinski definition) is 2. The Morgan fingerprint density at radius 2 is 2.64 bits per heavy atom. The van der Waals surface area contributed by atoms with Gasteiger partial charge in [-0.1, -0.05) is 0 Å². The van der Waals surface area contributed by atoms with Gasteiger partial charge in [0, 0.05) is 18.1 Å². The summed E-state index contributed by atoms with van der Waals surface area (Å²) in [5, 5.41) is 8.98. The van der Waals surface area contributed by atoms with Crippen molar-refractivity contribution in [3.8, 4) is 0 Å². The number of aromatic nitrogens is 1. The number of thiazole rings is 1. The number of nitrogens with zero attached hydrogens (tertiary/aromatic N) is 2. The van der Waals surface area contributed by atoms with Gasteiger partial charge >= 0.3 is 0 Å². The molecule has 0 radical (unpaired) electrons. The number of guanidine groups is 1. The van der Waals surface area contributed by atoms with Crippen molar-refractivity contribution in [1.82, 2.24) is 10.3 Å². The van der Waals surface area contributed by atoms with Crippen molar-refractivity contribution < 1.29 is 0 Å². The maximum atomic E-state index is 4.17. The topological polar surface area (TPSA) is 49.3 Å². The van der Waals surface area contributed by atoms with Gasteiger partial charge in [-0.25, -0.2) is 4.98 Å². The molecule has 11 heavy (non-hydrogen) atoms.